The Morgan fingerprint density at radius 2 is 1.60 bits per heavy atom. The van der Waals surface area contributed by atoms with Gasteiger partial charge in [-0.2, -0.15) is 0 Å². The minimum Gasteiger partial charge on any atom is -0.304 e. The van der Waals surface area contributed by atoms with Crippen molar-refractivity contribution < 1.29 is 0 Å². The van der Waals surface area contributed by atoms with Gasteiger partial charge in [0.15, 0.2) is 0 Å². The highest BCUT2D eigenvalue weighted by atomic mass is 15.1. The zero-order valence-corrected chi connectivity index (χ0v) is 11.0. The van der Waals surface area contributed by atoms with E-state index in [0.717, 1.165) is 0 Å². The van der Waals surface area contributed by atoms with Crippen molar-refractivity contribution in [2.24, 2.45) is 0 Å². The van der Waals surface area contributed by atoms with E-state index >= 15 is 0 Å². The van der Waals surface area contributed by atoms with Gasteiger partial charge in [0, 0.05) is 6.54 Å². The van der Waals surface area contributed by atoms with Crippen molar-refractivity contribution in [1.82, 2.24) is 4.90 Å². The van der Waals surface area contributed by atoms with Crippen molar-refractivity contribution in [1.29, 1.82) is 0 Å². The van der Waals surface area contributed by atoms with Crippen LogP contribution in [0.5, 0.6) is 0 Å². The van der Waals surface area contributed by atoms with Crippen molar-refractivity contribution in [2.45, 2.75) is 47.5 Å². The maximum absolute atomic E-state index is 2.50. The third-order valence-electron chi connectivity index (χ3n) is 3.84. The summed E-state index contributed by atoms with van der Waals surface area (Å²) in [6.45, 7) is 14.9. The lowest BCUT2D eigenvalue weighted by molar-refractivity contribution is 0.307. The van der Waals surface area contributed by atoms with Gasteiger partial charge < -0.3 is 4.90 Å². The predicted molar refractivity (Wildman–Crippen MR) is 68.1 cm³/mol. The molecule has 86 valence electrons. The minimum atomic E-state index is 1.17. The van der Waals surface area contributed by atoms with Crippen LogP contribution in [-0.4, -0.2) is 24.5 Å². The van der Waals surface area contributed by atoms with E-state index in [1.54, 1.807) is 16.7 Å². The Morgan fingerprint density at radius 1 is 1.00 bits per heavy atom. The molecule has 1 rings (SSSR count). The lowest BCUT2D eigenvalue weighted by Gasteiger charge is -2.18. The standard InChI is InChI=1S/C14H25N/c1-6-15(7-2)9-8-14-10-11(3)12(4)13(14)5/h6-10H2,1-5H3. The van der Waals surface area contributed by atoms with E-state index < -0.39 is 0 Å². The molecule has 0 fully saturated rings. The van der Waals surface area contributed by atoms with Crippen LogP contribution in [-0.2, 0) is 0 Å². The first-order valence-corrected chi connectivity index (χ1v) is 6.17. The summed E-state index contributed by atoms with van der Waals surface area (Å²) in [5, 5.41) is 0. The molecule has 0 aromatic heterocycles. The third kappa shape index (κ3) is 2.94. The van der Waals surface area contributed by atoms with Crippen LogP contribution in [0.1, 0.15) is 47.5 Å². The number of nitrogens with zero attached hydrogens (tertiary/aromatic N) is 1. The monoisotopic (exact) mass is 207 g/mol. The maximum Gasteiger partial charge on any atom is 0.00187 e. The van der Waals surface area contributed by atoms with Gasteiger partial charge in [-0.1, -0.05) is 25.0 Å². The van der Waals surface area contributed by atoms with Crippen LogP contribution in [0.4, 0.5) is 0 Å². The summed E-state index contributed by atoms with van der Waals surface area (Å²) < 4.78 is 0. The molecule has 0 aromatic carbocycles. The van der Waals surface area contributed by atoms with Gasteiger partial charge in [0.1, 0.15) is 0 Å². The Balaban J connectivity index is 2.49. The molecule has 0 aliphatic heterocycles. The zero-order chi connectivity index (χ0) is 11.4. The van der Waals surface area contributed by atoms with Crippen LogP contribution >= 0.6 is 0 Å². The van der Waals surface area contributed by atoms with E-state index in [0.29, 0.717) is 0 Å². The molecule has 0 atom stereocenters. The highest BCUT2D eigenvalue weighted by Gasteiger charge is 2.15. The fourth-order valence-electron chi connectivity index (χ4n) is 2.28. The second-order valence-electron chi connectivity index (χ2n) is 4.59. The van der Waals surface area contributed by atoms with E-state index in [2.05, 4.69) is 39.5 Å². The summed E-state index contributed by atoms with van der Waals surface area (Å²) in [5.74, 6) is 0. The third-order valence-corrected chi connectivity index (χ3v) is 3.84. The Bertz CT molecular complexity index is 280. The molecular weight excluding hydrogens is 182 g/mol. The molecule has 0 amide bonds. The molecule has 15 heavy (non-hydrogen) atoms. The van der Waals surface area contributed by atoms with Gasteiger partial charge in [-0.05, 0) is 57.8 Å². The molecule has 0 unspecified atom stereocenters. The first-order chi connectivity index (χ1) is 7.10. The Labute approximate surface area is 94.9 Å². The molecule has 0 aromatic rings. The lowest BCUT2D eigenvalue weighted by atomic mass is 10.1. The fraction of sp³-hybridized carbons (Fsp3) is 0.714. The van der Waals surface area contributed by atoms with Crippen LogP contribution in [0, 0.1) is 0 Å². The average Bonchev–Trinajstić information content (AvgIpc) is 2.48. The molecule has 1 aliphatic rings. The zero-order valence-electron chi connectivity index (χ0n) is 11.0. The van der Waals surface area contributed by atoms with Crippen molar-refractivity contribution in [3.63, 3.8) is 0 Å². The molecular formula is C14H25N. The quantitative estimate of drug-likeness (QED) is 0.663. The lowest BCUT2D eigenvalue weighted by Crippen LogP contribution is -2.24. The van der Waals surface area contributed by atoms with Gasteiger partial charge in [-0.25, -0.2) is 0 Å². The number of hydrogen-bond acceptors (Lipinski definition) is 1. The molecule has 0 spiro atoms. The Kier molecular flexibility index (Phi) is 4.59. The van der Waals surface area contributed by atoms with E-state index in [1.165, 1.54) is 38.0 Å². The number of allylic oxidation sites excluding steroid dienone is 3. The van der Waals surface area contributed by atoms with Crippen molar-refractivity contribution in [3.05, 3.63) is 22.3 Å². The van der Waals surface area contributed by atoms with E-state index in [-0.39, 0.29) is 0 Å². The van der Waals surface area contributed by atoms with Gasteiger partial charge in [0.2, 0.25) is 0 Å². The van der Waals surface area contributed by atoms with Crippen molar-refractivity contribution in [2.75, 3.05) is 19.6 Å². The van der Waals surface area contributed by atoms with Gasteiger partial charge in [-0.15, -0.1) is 0 Å². The molecule has 1 nitrogen and oxygen atoms in total. The van der Waals surface area contributed by atoms with Crippen molar-refractivity contribution in [3.8, 4) is 0 Å². The molecule has 1 heteroatoms. The SMILES string of the molecule is CCN(CC)CCC1=C(C)C(C)=C(C)C1. The summed E-state index contributed by atoms with van der Waals surface area (Å²) >= 11 is 0. The Morgan fingerprint density at radius 3 is 2.00 bits per heavy atom. The minimum absolute atomic E-state index is 1.17. The molecule has 0 bridgehead atoms. The van der Waals surface area contributed by atoms with Crippen LogP contribution in [0.2, 0.25) is 0 Å². The predicted octanol–water partition coefficient (Wildman–Crippen LogP) is 3.77. The molecule has 0 radical (unpaired) electrons. The summed E-state index contributed by atoms with van der Waals surface area (Å²) in [4.78, 5) is 2.50. The van der Waals surface area contributed by atoms with E-state index in [4.69, 9.17) is 0 Å². The highest BCUT2D eigenvalue weighted by Crippen LogP contribution is 2.33. The molecule has 0 saturated carbocycles. The molecule has 0 heterocycles. The largest absolute Gasteiger partial charge is 0.304 e. The fourth-order valence-corrected chi connectivity index (χ4v) is 2.28. The van der Waals surface area contributed by atoms with E-state index in [1.807, 2.05) is 0 Å². The number of hydrogen-bond donors (Lipinski definition) is 0. The van der Waals surface area contributed by atoms with Crippen LogP contribution in [0.15, 0.2) is 22.3 Å². The first-order valence-electron chi connectivity index (χ1n) is 6.17. The van der Waals surface area contributed by atoms with Crippen LogP contribution < -0.4 is 0 Å². The second-order valence-corrected chi connectivity index (χ2v) is 4.59. The van der Waals surface area contributed by atoms with Crippen molar-refractivity contribution >= 4 is 0 Å². The van der Waals surface area contributed by atoms with E-state index in [9.17, 15) is 0 Å². The second kappa shape index (κ2) is 5.50. The number of rotatable bonds is 5. The topological polar surface area (TPSA) is 3.24 Å². The van der Waals surface area contributed by atoms with Gasteiger partial charge >= 0.3 is 0 Å². The molecule has 1 aliphatic carbocycles. The summed E-state index contributed by atoms with van der Waals surface area (Å²) in [6.07, 6.45) is 2.47. The van der Waals surface area contributed by atoms with Gasteiger partial charge in [-0.3, -0.25) is 0 Å². The Hall–Kier alpha value is -0.560. The highest BCUT2D eigenvalue weighted by molar-refractivity contribution is 5.44. The first kappa shape index (κ1) is 12.5. The van der Waals surface area contributed by atoms with Gasteiger partial charge in [0.05, 0.1) is 0 Å². The van der Waals surface area contributed by atoms with Crippen LogP contribution in [0.25, 0.3) is 0 Å². The van der Waals surface area contributed by atoms with Gasteiger partial charge in [0.25, 0.3) is 0 Å². The molecule has 0 N–H and O–H groups in total. The maximum atomic E-state index is 2.50. The summed E-state index contributed by atoms with van der Waals surface area (Å²) in [6, 6.07) is 0. The molecule has 0 saturated heterocycles. The smallest absolute Gasteiger partial charge is 0.00187 e. The summed E-state index contributed by atoms with van der Waals surface area (Å²) in [7, 11) is 0. The summed E-state index contributed by atoms with van der Waals surface area (Å²) in [5.41, 5.74) is 6.32. The van der Waals surface area contributed by atoms with Crippen LogP contribution in [0.3, 0.4) is 0 Å². The average molecular weight is 207 g/mol. The normalized spacial score (nSPS) is 17.2.